The zero-order valence-corrected chi connectivity index (χ0v) is 6.21. The lowest BCUT2D eigenvalue weighted by Gasteiger charge is -2.20. The molecule has 2 fully saturated rings. The van der Waals surface area contributed by atoms with Gasteiger partial charge in [0.1, 0.15) is 0 Å². The molecular formula is C6H12N2S. The molecule has 2 unspecified atom stereocenters. The molecule has 0 saturated carbocycles. The van der Waals surface area contributed by atoms with Crippen molar-refractivity contribution >= 4 is 11.8 Å². The topological polar surface area (TPSA) is 34.0 Å². The summed E-state index contributed by atoms with van der Waals surface area (Å²) >= 11 is 2.11. The standard InChI is InChI=1S/C6H12N2S/c1-2-9-6(4-7-1)5-3-8-5/h5-8H,1-4H2. The summed E-state index contributed by atoms with van der Waals surface area (Å²) in [5.41, 5.74) is 0. The van der Waals surface area contributed by atoms with Gasteiger partial charge in [0.25, 0.3) is 0 Å². The Kier molecular flexibility index (Phi) is 1.66. The fourth-order valence-electron chi connectivity index (χ4n) is 1.18. The lowest BCUT2D eigenvalue weighted by molar-refractivity contribution is 0.661. The maximum absolute atomic E-state index is 3.40. The fraction of sp³-hybridized carbons (Fsp3) is 1.00. The summed E-state index contributed by atoms with van der Waals surface area (Å²) in [5, 5.41) is 7.60. The van der Waals surface area contributed by atoms with Crippen LogP contribution in [-0.4, -0.2) is 36.7 Å². The average molecular weight is 144 g/mol. The molecule has 2 saturated heterocycles. The Balaban J connectivity index is 1.80. The first-order valence-corrected chi connectivity index (χ1v) is 4.57. The van der Waals surface area contributed by atoms with Crippen molar-refractivity contribution < 1.29 is 0 Å². The van der Waals surface area contributed by atoms with E-state index < -0.39 is 0 Å². The molecule has 52 valence electrons. The van der Waals surface area contributed by atoms with Gasteiger partial charge in [-0.2, -0.15) is 11.8 Å². The third-order valence-corrected chi connectivity index (χ3v) is 3.21. The maximum Gasteiger partial charge on any atom is 0.0338 e. The summed E-state index contributed by atoms with van der Waals surface area (Å²) in [5.74, 6) is 1.29. The number of nitrogens with one attached hydrogen (secondary N) is 2. The van der Waals surface area contributed by atoms with Crippen LogP contribution in [0, 0.1) is 0 Å². The summed E-state index contributed by atoms with van der Waals surface area (Å²) < 4.78 is 0. The van der Waals surface area contributed by atoms with Gasteiger partial charge in [0.05, 0.1) is 0 Å². The van der Waals surface area contributed by atoms with E-state index in [1.54, 1.807) is 0 Å². The summed E-state index contributed by atoms with van der Waals surface area (Å²) in [6.07, 6.45) is 0. The molecule has 3 heteroatoms. The number of hydrogen-bond donors (Lipinski definition) is 2. The first kappa shape index (κ1) is 6.01. The largest absolute Gasteiger partial charge is 0.315 e. The van der Waals surface area contributed by atoms with E-state index in [1.165, 1.54) is 25.4 Å². The van der Waals surface area contributed by atoms with Gasteiger partial charge >= 0.3 is 0 Å². The van der Waals surface area contributed by atoms with E-state index in [9.17, 15) is 0 Å². The fourth-order valence-corrected chi connectivity index (χ4v) is 2.40. The molecule has 0 aromatic heterocycles. The zero-order valence-electron chi connectivity index (χ0n) is 5.39. The van der Waals surface area contributed by atoms with Crippen LogP contribution in [0.3, 0.4) is 0 Å². The SMILES string of the molecule is C1CSC(C2CN2)CN1. The van der Waals surface area contributed by atoms with Crippen LogP contribution >= 0.6 is 11.8 Å². The molecule has 0 bridgehead atoms. The monoisotopic (exact) mass is 144 g/mol. The van der Waals surface area contributed by atoms with Crippen LogP contribution in [0.25, 0.3) is 0 Å². The number of thioether (sulfide) groups is 1. The van der Waals surface area contributed by atoms with Crippen LogP contribution < -0.4 is 10.6 Å². The molecule has 0 aliphatic carbocycles. The highest BCUT2D eigenvalue weighted by Gasteiger charge is 2.31. The van der Waals surface area contributed by atoms with Gasteiger partial charge in [-0.05, 0) is 0 Å². The highest BCUT2D eigenvalue weighted by Crippen LogP contribution is 2.21. The minimum Gasteiger partial charge on any atom is -0.315 e. The van der Waals surface area contributed by atoms with Gasteiger partial charge in [0.15, 0.2) is 0 Å². The normalized spacial score (nSPS) is 42.7. The third-order valence-electron chi connectivity index (χ3n) is 1.84. The minimum absolute atomic E-state index is 0.836. The van der Waals surface area contributed by atoms with Crippen LogP contribution in [0.5, 0.6) is 0 Å². The summed E-state index contributed by atoms with van der Waals surface area (Å²) in [7, 11) is 0. The Morgan fingerprint density at radius 3 is 2.78 bits per heavy atom. The summed E-state index contributed by atoms with van der Waals surface area (Å²) in [6, 6.07) is 0.836. The Hall–Kier alpha value is 0.270. The van der Waals surface area contributed by atoms with E-state index in [0.29, 0.717) is 0 Å². The van der Waals surface area contributed by atoms with Crippen molar-refractivity contribution in [3.63, 3.8) is 0 Å². The molecule has 2 aliphatic heterocycles. The average Bonchev–Trinajstić information content (AvgIpc) is 2.71. The molecule has 9 heavy (non-hydrogen) atoms. The molecule has 0 spiro atoms. The molecule has 2 heterocycles. The zero-order chi connectivity index (χ0) is 6.10. The second kappa shape index (κ2) is 2.48. The molecule has 0 radical (unpaired) electrons. The molecule has 2 rings (SSSR count). The van der Waals surface area contributed by atoms with Crippen LogP contribution in [-0.2, 0) is 0 Å². The van der Waals surface area contributed by atoms with E-state index in [0.717, 1.165) is 11.3 Å². The van der Waals surface area contributed by atoms with Crippen molar-refractivity contribution in [2.75, 3.05) is 25.4 Å². The third kappa shape index (κ3) is 1.39. The van der Waals surface area contributed by atoms with Gasteiger partial charge in [-0.1, -0.05) is 0 Å². The van der Waals surface area contributed by atoms with Crippen molar-refractivity contribution in [2.45, 2.75) is 11.3 Å². The molecular weight excluding hydrogens is 132 g/mol. The lowest BCUT2D eigenvalue weighted by atomic mass is 10.3. The first-order valence-electron chi connectivity index (χ1n) is 3.52. The molecule has 2 N–H and O–H groups in total. The van der Waals surface area contributed by atoms with E-state index >= 15 is 0 Å². The van der Waals surface area contributed by atoms with E-state index in [-0.39, 0.29) is 0 Å². The summed E-state index contributed by atoms with van der Waals surface area (Å²) in [6.45, 7) is 3.66. The van der Waals surface area contributed by atoms with Gasteiger partial charge in [0.2, 0.25) is 0 Å². The Morgan fingerprint density at radius 2 is 2.22 bits per heavy atom. The highest BCUT2D eigenvalue weighted by molar-refractivity contribution is 8.00. The van der Waals surface area contributed by atoms with E-state index in [1.807, 2.05) is 0 Å². The molecule has 0 amide bonds. The van der Waals surface area contributed by atoms with Crippen LogP contribution in [0.1, 0.15) is 0 Å². The van der Waals surface area contributed by atoms with Crippen molar-refractivity contribution in [1.29, 1.82) is 0 Å². The molecule has 2 atom stereocenters. The van der Waals surface area contributed by atoms with E-state index in [4.69, 9.17) is 0 Å². The van der Waals surface area contributed by atoms with Crippen molar-refractivity contribution in [1.82, 2.24) is 10.6 Å². The van der Waals surface area contributed by atoms with Gasteiger partial charge in [-0.25, -0.2) is 0 Å². The predicted octanol–water partition coefficient (Wildman–Crippen LogP) is -0.337. The quantitative estimate of drug-likeness (QED) is 0.494. The van der Waals surface area contributed by atoms with Gasteiger partial charge in [-0.15, -0.1) is 0 Å². The van der Waals surface area contributed by atoms with Crippen molar-refractivity contribution in [3.8, 4) is 0 Å². The second-order valence-electron chi connectivity index (χ2n) is 2.63. The van der Waals surface area contributed by atoms with Gasteiger partial charge < -0.3 is 10.6 Å². The Bertz CT molecular complexity index is 97.2. The van der Waals surface area contributed by atoms with Crippen LogP contribution in [0.2, 0.25) is 0 Å². The maximum atomic E-state index is 3.40. The number of rotatable bonds is 1. The van der Waals surface area contributed by atoms with Crippen molar-refractivity contribution in [3.05, 3.63) is 0 Å². The van der Waals surface area contributed by atoms with Gasteiger partial charge in [-0.3, -0.25) is 0 Å². The summed E-state index contributed by atoms with van der Waals surface area (Å²) in [4.78, 5) is 0. The number of hydrogen-bond acceptors (Lipinski definition) is 3. The first-order chi connectivity index (χ1) is 4.47. The van der Waals surface area contributed by atoms with Crippen LogP contribution in [0.4, 0.5) is 0 Å². The molecule has 2 nitrogen and oxygen atoms in total. The smallest absolute Gasteiger partial charge is 0.0338 e. The minimum atomic E-state index is 0.836. The second-order valence-corrected chi connectivity index (χ2v) is 3.98. The Labute approximate surface area is 59.8 Å². The van der Waals surface area contributed by atoms with Crippen molar-refractivity contribution in [2.24, 2.45) is 0 Å². The van der Waals surface area contributed by atoms with Gasteiger partial charge in [0, 0.05) is 36.7 Å². The Morgan fingerprint density at radius 1 is 1.33 bits per heavy atom. The predicted molar refractivity (Wildman–Crippen MR) is 40.9 cm³/mol. The lowest BCUT2D eigenvalue weighted by Crippen LogP contribution is -2.36. The molecule has 0 aromatic rings. The molecule has 0 aromatic carbocycles. The van der Waals surface area contributed by atoms with E-state index in [2.05, 4.69) is 22.4 Å². The highest BCUT2D eigenvalue weighted by atomic mass is 32.2. The molecule has 2 aliphatic rings. The van der Waals surface area contributed by atoms with Crippen LogP contribution in [0.15, 0.2) is 0 Å².